The molecule has 2 N–H and O–H groups in total. The summed E-state index contributed by atoms with van der Waals surface area (Å²) >= 11 is 0. The van der Waals surface area contributed by atoms with Gasteiger partial charge < -0.3 is 10.1 Å². The maximum Gasteiger partial charge on any atom is 0.255 e. The molecule has 0 fully saturated rings. The lowest BCUT2D eigenvalue weighted by Crippen LogP contribution is -2.20. The van der Waals surface area contributed by atoms with E-state index in [1.54, 1.807) is 35.5 Å². The van der Waals surface area contributed by atoms with Gasteiger partial charge in [0.15, 0.2) is 5.75 Å². The standard InChI is InChI=1S/C28H34N6O4S/c1-17-10-11-29-15-21(17)24-16-34(33-31-24)25-12-19(9-8-18(25)2)27(35)30-22-13-20(28(3,4)5)14-23(26(22)38-6)32-39(7,36)37/h8-15,24,32H,16H2,1-7H3,(H,30,35). The van der Waals surface area contributed by atoms with E-state index in [0.29, 0.717) is 17.8 Å². The zero-order chi connectivity index (χ0) is 28.5. The second kappa shape index (κ2) is 10.6. The van der Waals surface area contributed by atoms with Gasteiger partial charge in [0.1, 0.15) is 6.04 Å². The number of hydrogen-bond acceptors (Lipinski definition) is 8. The third-order valence-corrected chi connectivity index (χ3v) is 7.13. The first kappa shape index (κ1) is 28.0. The first-order valence-electron chi connectivity index (χ1n) is 12.5. The minimum atomic E-state index is -3.59. The van der Waals surface area contributed by atoms with Crippen LogP contribution in [0.4, 0.5) is 17.1 Å². The number of ether oxygens (including phenoxy) is 1. The Balaban J connectivity index is 1.64. The zero-order valence-corrected chi connectivity index (χ0v) is 24.0. The largest absolute Gasteiger partial charge is 0.492 e. The van der Waals surface area contributed by atoms with E-state index in [1.165, 1.54) is 7.11 Å². The van der Waals surface area contributed by atoms with E-state index in [0.717, 1.165) is 34.2 Å². The Morgan fingerprint density at radius 2 is 1.79 bits per heavy atom. The predicted octanol–water partition coefficient (Wildman–Crippen LogP) is 5.56. The Bertz CT molecular complexity index is 1550. The van der Waals surface area contributed by atoms with Gasteiger partial charge in [0.25, 0.3) is 5.91 Å². The van der Waals surface area contributed by atoms with Crippen molar-refractivity contribution in [3.8, 4) is 5.75 Å². The van der Waals surface area contributed by atoms with Crippen LogP contribution in [0.25, 0.3) is 0 Å². The Hall–Kier alpha value is -3.99. The quantitative estimate of drug-likeness (QED) is 0.397. The Kier molecular flexibility index (Phi) is 7.65. The van der Waals surface area contributed by atoms with Crippen LogP contribution in [-0.4, -0.2) is 39.2 Å². The van der Waals surface area contributed by atoms with E-state index in [-0.39, 0.29) is 28.8 Å². The number of methoxy groups -OCH3 is 1. The summed E-state index contributed by atoms with van der Waals surface area (Å²) in [6, 6.07) is 10.7. The Morgan fingerprint density at radius 1 is 1.08 bits per heavy atom. The van der Waals surface area contributed by atoms with Crippen molar-refractivity contribution in [3.63, 3.8) is 0 Å². The van der Waals surface area contributed by atoms with Gasteiger partial charge in [0.05, 0.1) is 37.0 Å². The van der Waals surface area contributed by atoms with Crippen LogP contribution in [0, 0.1) is 13.8 Å². The van der Waals surface area contributed by atoms with Gasteiger partial charge in [-0.25, -0.2) is 13.4 Å². The molecule has 0 saturated carbocycles. The first-order valence-corrected chi connectivity index (χ1v) is 14.4. The van der Waals surface area contributed by atoms with Crippen molar-refractivity contribution in [2.75, 3.05) is 35.0 Å². The van der Waals surface area contributed by atoms with Gasteiger partial charge in [-0.2, -0.15) is 5.11 Å². The molecule has 3 aromatic rings. The summed E-state index contributed by atoms with van der Waals surface area (Å²) in [6.07, 6.45) is 4.63. The smallest absolute Gasteiger partial charge is 0.255 e. The van der Waals surface area contributed by atoms with Crippen LogP contribution in [-0.2, 0) is 15.4 Å². The van der Waals surface area contributed by atoms with Crippen molar-refractivity contribution < 1.29 is 17.9 Å². The highest BCUT2D eigenvalue weighted by atomic mass is 32.2. The molecule has 1 amide bonds. The van der Waals surface area contributed by atoms with Crippen molar-refractivity contribution in [3.05, 3.63) is 76.6 Å². The lowest BCUT2D eigenvalue weighted by Gasteiger charge is -2.24. The molecule has 1 aromatic heterocycles. The molecule has 0 radical (unpaired) electrons. The van der Waals surface area contributed by atoms with Crippen molar-refractivity contribution >= 4 is 33.0 Å². The van der Waals surface area contributed by atoms with Crippen molar-refractivity contribution in [2.45, 2.75) is 46.1 Å². The van der Waals surface area contributed by atoms with Crippen LogP contribution in [0.2, 0.25) is 0 Å². The molecular weight excluding hydrogens is 516 g/mol. The second-order valence-electron chi connectivity index (χ2n) is 10.7. The molecular formula is C28H34N6O4S. The predicted molar refractivity (Wildman–Crippen MR) is 153 cm³/mol. The number of pyridine rings is 1. The van der Waals surface area contributed by atoms with Crippen molar-refractivity contribution in [1.29, 1.82) is 0 Å². The topological polar surface area (TPSA) is 125 Å². The number of aromatic nitrogens is 1. The van der Waals surface area contributed by atoms with Gasteiger partial charge >= 0.3 is 0 Å². The number of nitrogens with zero attached hydrogens (tertiary/aromatic N) is 4. The van der Waals surface area contributed by atoms with E-state index in [4.69, 9.17) is 4.74 Å². The monoisotopic (exact) mass is 550 g/mol. The number of rotatable bonds is 7. The minimum absolute atomic E-state index is 0.152. The summed E-state index contributed by atoms with van der Waals surface area (Å²) in [5, 5.41) is 13.5. The average molecular weight is 551 g/mol. The molecule has 1 unspecified atom stereocenters. The third kappa shape index (κ3) is 6.36. The summed E-state index contributed by atoms with van der Waals surface area (Å²) in [5.41, 5.74) is 5.34. The first-order chi connectivity index (χ1) is 18.3. The Morgan fingerprint density at radius 3 is 2.44 bits per heavy atom. The van der Waals surface area contributed by atoms with E-state index in [1.807, 2.05) is 52.9 Å². The molecule has 1 atom stereocenters. The molecule has 0 spiro atoms. The molecule has 2 heterocycles. The number of amides is 1. The third-order valence-electron chi connectivity index (χ3n) is 6.54. The van der Waals surface area contributed by atoms with Crippen LogP contribution in [0.3, 0.4) is 0 Å². The molecule has 0 bridgehead atoms. The maximum atomic E-state index is 13.5. The van der Waals surface area contributed by atoms with Gasteiger partial charge in [-0.1, -0.05) is 32.1 Å². The van der Waals surface area contributed by atoms with Gasteiger partial charge in [-0.3, -0.25) is 14.5 Å². The number of anilines is 3. The summed E-state index contributed by atoms with van der Waals surface area (Å²) < 4.78 is 32.1. The van der Waals surface area contributed by atoms with Crippen molar-refractivity contribution in [2.24, 2.45) is 10.3 Å². The van der Waals surface area contributed by atoms with Gasteiger partial charge in [-0.15, -0.1) is 0 Å². The number of carbonyl (C=O) groups excluding carboxylic acids is 1. The van der Waals surface area contributed by atoms with Crippen LogP contribution in [0.1, 0.15) is 59.4 Å². The number of sulfonamides is 1. The maximum absolute atomic E-state index is 13.5. The fraction of sp³-hybridized carbons (Fsp3) is 0.357. The van der Waals surface area contributed by atoms with Crippen LogP contribution >= 0.6 is 0 Å². The summed E-state index contributed by atoms with van der Waals surface area (Å²) in [7, 11) is -2.16. The lowest BCUT2D eigenvalue weighted by atomic mass is 9.86. The van der Waals surface area contributed by atoms with Crippen LogP contribution in [0.15, 0.2) is 59.1 Å². The SMILES string of the molecule is COc1c(NC(=O)c2ccc(C)c(N3CC(c4cnccc4C)N=N3)c2)cc(C(C)(C)C)cc1NS(C)(=O)=O. The van der Waals surface area contributed by atoms with Gasteiger partial charge in [0.2, 0.25) is 10.0 Å². The minimum Gasteiger partial charge on any atom is -0.492 e. The van der Waals surface area contributed by atoms with E-state index < -0.39 is 10.0 Å². The number of benzene rings is 2. The van der Waals surface area contributed by atoms with Gasteiger partial charge in [-0.05, 0) is 66.3 Å². The van der Waals surface area contributed by atoms with Gasteiger partial charge in [0, 0.05) is 23.5 Å². The number of aryl methyl sites for hydroxylation is 2. The normalized spacial score (nSPS) is 15.4. The second-order valence-corrected chi connectivity index (χ2v) is 12.5. The molecule has 11 heteroatoms. The molecule has 39 heavy (non-hydrogen) atoms. The highest BCUT2D eigenvalue weighted by Gasteiger charge is 2.26. The van der Waals surface area contributed by atoms with E-state index >= 15 is 0 Å². The molecule has 1 aliphatic heterocycles. The van der Waals surface area contributed by atoms with E-state index in [9.17, 15) is 13.2 Å². The zero-order valence-electron chi connectivity index (χ0n) is 23.2. The van der Waals surface area contributed by atoms with Crippen molar-refractivity contribution in [1.82, 2.24) is 4.98 Å². The fourth-order valence-corrected chi connectivity index (χ4v) is 4.92. The average Bonchev–Trinajstić information content (AvgIpc) is 3.32. The highest BCUT2D eigenvalue weighted by molar-refractivity contribution is 7.92. The summed E-state index contributed by atoms with van der Waals surface area (Å²) in [4.78, 5) is 17.7. The molecule has 0 saturated heterocycles. The van der Waals surface area contributed by atoms with Crippen LogP contribution in [0.5, 0.6) is 5.75 Å². The molecule has 4 rings (SSSR count). The number of carbonyl (C=O) groups is 1. The molecule has 2 aromatic carbocycles. The molecule has 1 aliphatic rings. The molecule has 0 aliphatic carbocycles. The summed E-state index contributed by atoms with van der Waals surface area (Å²) in [6.45, 7) is 10.5. The molecule has 10 nitrogen and oxygen atoms in total. The van der Waals surface area contributed by atoms with Crippen LogP contribution < -0.4 is 19.8 Å². The Labute approximate surface area is 229 Å². The molecule has 206 valence electrons. The highest BCUT2D eigenvalue weighted by Crippen LogP contribution is 2.39. The fourth-order valence-electron chi connectivity index (χ4n) is 4.37. The summed E-state index contributed by atoms with van der Waals surface area (Å²) in [5.74, 6) is -0.154. The van der Waals surface area contributed by atoms with E-state index in [2.05, 4.69) is 25.4 Å². The number of hydrogen-bond donors (Lipinski definition) is 2. The lowest BCUT2D eigenvalue weighted by molar-refractivity contribution is 0.102. The number of nitrogens with one attached hydrogen (secondary N) is 2.